The number of carbonyl (C=O) groups is 1. The van der Waals surface area contributed by atoms with E-state index in [0.29, 0.717) is 6.04 Å². The summed E-state index contributed by atoms with van der Waals surface area (Å²) >= 11 is 0. The lowest BCUT2D eigenvalue weighted by Crippen LogP contribution is -2.60. The highest BCUT2D eigenvalue weighted by molar-refractivity contribution is 5.75. The Morgan fingerprint density at radius 1 is 1.33 bits per heavy atom. The van der Waals surface area contributed by atoms with Crippen LogP contribution < -0.4 is 5.32 Å². The van der Waals surface area contributed by atoms with Crippen molar-refractivity contribution in [1.29, 1.82) is 0 Å². The Bertz CT molecular complexity index is 560. The maximum absolute atomic E-state index is 12.7. The summed E-state index contributed by atoms with van der Waals surface area (Å²) in [5.41, 5.74) is 2.41. The molecule has 0 bridgehead atoms. The molecule has 5 heteroatoms. The molecule has 0 unspecified atom stereocenters. The molecule has 1 N–H and O–H groups in total. The Morgan fingerprint density at radius 3 is 2.79 bits per heavy atom. The van der Waals surface area contributed by atoms with Gasteiger partial charge in [-0.05, 0) is 32.4 Å². The first-order chi connectivity index (χ1) is 11.6. The molecule has 0 aromatic heterocycles. The molecule has 3 atom stereocenters. The number of nitrogens with one attached hydrogen (secondary N) is 1. The highest BCUT2D eigenvalue weighted by atomic mass is 16.5. The van der Waals surface area contributed by atoms with E-state index in [-0.39, 0.29) is 18.2 Å². The van der Waals surface area contributed by atoms with Gasteiger partial charge in [-0.1, -0.05) is 36.8 Å². The largest absolute Gasteiger partial charge is 0.375 e. The van der Waals surface area contributed by atoms with Crippen LogP contribution in [0.4, 0.5) is 4.79 Å². The molecule has 2 heterocycles. The molecule has 2 aliphatic heterocycles. The predicted octanol–water partition coefficient (Wildman–Crippen LogP) is 2.56. The first kappa shape index (κ1) is 17.2. The van der Waals surface area contributed by atoms with Gasteiger partial charge >= 0.3 is 6.03 Å². The number of carbonyl (C=O) groups excluding carboxylic acids is 1. The minimum atomic E-state index is 0.0415. The number of aryl methyl sites for hydroxylation is 1. The Morgan fingerprint density at radius 2 is 2.08 bits per heavy atom. The quantitative estimate of drug-likeness (QED) is 0.926. The fourth-order valence-electron chi connectivity index (χ4n) is 3.69. The first-order valence-electron chi connectivity index (χ1n) is 9.02. The van der Waals surface area contributed by atoms with Gasteiger partial charge in [-0.3, -0.25) is 4.90 Å². The van der Waals surface area contributed by atoms with E-state index in [1.54, 1.807) is 0 Å². The molecule has 1 aromatic carbocycles. The zero-order valence-electron chi connectivity index (χ0n) is 15.0. The van der Waals surface area contributed by atoms with E-state index in [2.05, 4.69) is 55.4 Å². The molecule has 1 aromatic rings. The Hall–Kier alpha value is -1.59. The average molecular weight is 331 g/mol. The second-order valence-electron chi connectivity index (χ2n) is 7.01. The van der Waals surface area contributed by atoms with Crippen LogP contribution in [0.25, 0.3) is 0 Å². The van der Waals surface area contributed by atoms with Crippen LogP contribution in [0.1, 0.15) is 36.9 Å². The monoisotopic (exact) mass is 331 g/mol. The summed E-state index contributed by atoms with van der Waals surface area (Å²) in [5.74, 6) is 0. The maximum atomic E-state index is 12.7. The van der Waals surface area contributed by atoms with Crippen molar-refractivity contribution in [1.82, 2.24) is 15.1 Å². The number of morpholine rings is 1. The van der Waals surface area contributed by atoms with Gasteiger partial charge in [0.25, 0.3) is 0 Å². The van der Waals surface area contributed by atoms with Gasteiger partial charge in [0.15, 0.2) is 0 Å². The number of hydrogen-bond acceptors (Lipinski definition) is 3. The number of nitrogens with zero attached hydrogens (tertiary/aromatic N) is 2. The lowest BCUT2D eigenvalue weighted by Gasteiger charge is -2.45. The number of likely N-dealkylation sites (tertiary alicyclic amines) is 1. The Labute approximate surface area is 145 Å². The van der Waals surface area contributed by atoms with Crippen LogP contribution in [0.2, 0.25) is 0 Å². The van der Waals surface area contributed by atoms with Crippen LogP contribution >= 0.6 is 0 Å². The molecule has 2 fully saturated rings. The predicted molar refractivity (Wildman–Crippen MR) is 95.1 cm³/mol. The van der Waals surface area contributed by atoms with Crippen LogP contribution in [-0.2, 0) is 4.74 Å². The summed E-state index contributed by atoms with van der Waals surface area (Å²) in [6, 6.07) is 8.85. The van der Waals surface area contributed by atoms with Crippen molar-refractivity contribution in [2.75, 3.05) is 33.3 Å². The molecule has 0 radical (unpaired) electrons. The molecule has 2 amide bonds. The number of hydrogen-bond donors (Lipinski definition) is 1. The summed E-state index contributed by atoms with van der Waals surface area (Å²) in [6.45, 7) is 7.45. The van der Waals surface area contributed by atoms with E-state index < -0.39 is 0 Å². The molecule has 0 saturated carbocycles. The number of piperidine rings is 1. The summed E-state index contributed by atoms with van der Waals surface area (Å²) in [6.07, 6.45) is 2.08. The molecular weight excluding hydrogens is 302 g/mol. The number of benzene rings is 1. The van der Waals surface area contributed by atoms with Crippen molar-refractivity contribution < 1.29 is 9.53 Å². The second kappa shape index (κ2) is 7.53. The fraction of sp³-hybridized carbons (Fsp3) is 0.632. The molecule has 24 heavy (non-hydrogen) atoms. The highest BCUT2D eigenvalue weighted by Crippen LogP contribution is 2.23. The van der Waals surface area contributed by atoms with E-state index in [1.165, 1.54) is 11.1 Å². The zero-order chi connectivity index (χ0) is 17.1. The van der Waals surface area contributed by atoms with Crippen LogP contribution in [0, 0.1) is 6.92 Å². The highest BCUT2D eigenvalue weighted by Gasteiger charge is 2.37. The summed E-state index contributed by atoms with van der Waals surface area (Å²) in [5, 5.41) is 3.21. The summed E-state index contributed by atoms with van der Waals surface area (Å²) in [7, 11) is 2.13. The van der Waals surface area contributed by atoms with Gasteiger partial charge in [0.1, 0.15) is 0 Å². The maximum Gasteiger partial charge on any atom is 0.317 e. The SMILES string of the molecule is CC[C@H](NC(=O)N1CC[C@H]2OCCN(C)[C@@H]2C1)c1ccc(C)cc1. The standard InChI is InChI=1S/C19H29N3O2/c1-4-16(15-7-5-14(2)6-8-15)20-19(23)22-10-9-18-17(13-22)21(3)11-12-24-18/h5-8,16-18H,4,9-13H2,1-3H3,(H,20,23)/t16-,17+,18+/m0/s1. The van der Waals surface area contributed by atoms with Crippen molar-refractivity contribution in [3.8, 4) is 0 Å². The van der Waals surface area contributed by atoms with Crippen LogP contribution in [0.5, 0.6) is 0 Å². The minimum absolute atomic E-state index is 0.0415. The molecule has 132 valence electrons. The Kier molecular flexibility index (Phi) is 5.41. The van der Waals surface area contributed by atoms with Crippen LogP contribution in [0.3, 0.4) is 0 Å². The van der Waals surface area contributed by atoms with Crippen molar-refractivity contribution in [3.63, 3.8) is 0 Å². The molecule has 2 aliphatic rings. The lowest BCUT2D eigenvalue weighted by atomic mass is 9.99. The Balaban J connectivity index is 1.62. The van der Waals surface area contributed by atoms with Crippen LogP contribution in [-0.4, -0.2) is 61.3 Å². The van der Waals surface area contributed by atoms with E-state index >= 15 is 0 Å². The number of ether oxygens (including phenoxy) is 1. The molecule has 0 spiro atoms. The molecule has 0 aliphatic carbocycles. The fourth-order valence-corrected chi connectivity index (χ4v) is 3.69. The summed E-state index contributed by atoms with van der Waals surface area (Å²) in [4.78, 5) is 17.0. The van der Waals surface area contributed by atoms with Crippen molar-refractivity contribution in [3.05, 3.63) is 35.4 Å². The second-order valence-corrected chi connectivity index (χ2v) is 7.01. The van der Waals surface area contributed by atoms with Gasteiger partial charge in [-0.2, -0.15) is 0 Å². The van der Waals surface area contributed by atoms with Gasteiger partial charge in [0.05, 0.1) is 24.8 Å². The number of likely N-dealkylation sites (N-methyl/N-ethyl adjacent to an activating group) is 1. The zero-order valence-corrected chi connectivity index (χ0v) is 15.0. The van der Waals surface area contributed by atoms with E-state index in [1.807, 2.05) is 4.90 Å². The molecule has 2 saturated heterocycles. The van der Waals surface area contributed by atoms with E-state index in [9.17, 15) is 4.79 Å². The van der Waals surface area contributed by atoms with Crippen molar-refractivity contribution in [2.45, 2.75) is 44.9 Å². The third kappa shape index (κ3) is 3.73. The molecular formula is C19H29N3O2. The van der Waals surface area contributed by atoms with Crippen molar-refractivity contribution in [2.24, 2.45) is 0 Å². The normalized spacial score (nSPS) is 25.9. The van der Waals surface area contributed by atoms with Gasteiger partial charge < -0.3 is 15.0 Å². The molecule has 5 nitrogen and oxygen atoms in total. The van der Waals surface area contributed by atoms with Gasteiger partial charge in [0.2, 0.25) is 0 Å². The first-order valence-corrected chi connectivity index (χ1v) is 9.02. The van der Waals surface area contributed by atoms with Gasteiger partial charge in [-0.15, -0.1) is 0 Å². The van der Waals surface area contributed by atoms with Crippen molar-refractivity contribution >= 4 is 6.03 Å². The van der Waals surface area contributed by atoms with E-state index in [4.69, 9.17) is 4.74 Å². The third-order valence-corrected chi connectivity index (χ3v) is 5.34. The topological polar surface area (TPSA) is 44.8 Å². The van der Waals surface area contributed by atoms with Crippen LogP contribution in [0.15, 0.2) is 24.3 Å². The van der Waals surface area contributed by atoms with E-state index in [0.717, 1.165) is 39.1 Å². The van der Waals surface area contributed by atoms with Gasteiger partial charge in [0, 0.05) is 19.6 Å². The lowest BCUT2D eigenvalue weighted by molar-refractivity contribution is -0.0882. The number of urea groups is 1. The number of fused-ring (bicyclic) bond motifs is 1. The third-order valence-electron chi connectivity index (χ3n) is 5.34. The molecule has 3 rings (SSSR count). The average Bonchev–Trinajstić information content (AvgIpc) is 2.60. The smallest absolute Gasteiger partial charge is 0.317 e. The number of amides is 2. The minimum Gasteiger partial charge on any atom is -0.375 e. The summed E-state index contributed by atoms with van der Waals surface area (Å²) < 4.78 is 5.86. The van der Waals surface area contributed by atoms with Gasteiger partial charge in [-0.25, -0.2) is 4.79 Å². The number of rotatable bonds is 3.